The molecule has 0 N–H and O–H groups in total. The first-order valence-corrected chi connectivity index (χ1v) is 6.13. The number of hydrogen-bond acceptors (Lipinski definition) is 3. The maximum atomic E-state index is 12.2. The number of nitrogens with zero attached hydrogens (tertiary/aromatic N) is 2. The quantitative estimate of drug-likeness (QED) is 0.724. The number of likely N-dealkylation sites (tertiary alicyclic amines) is 1. The Hall–Kier alpha value is -1.32. The Balaban J connectivity index is 1.88. The number of hydrogen-bond donors (Lipinski definition) is 0. The number of aromatic nitrogens is 1. The van der Waals surface area contributed by atoms with Crippen molar-refractivity contribution in [3.05, 3.63) is 17.0 Å². The molecule has 0 spiro atoms. The van der Waals surface area contributed by atoms with Crippen molar-refractivity contribution < 1.29 is 9.32 Å². The minimum absolute atomic E-state index is 0.0735. The molecule has 1 saturated heterocycles. The third-order valence-corrected chi connectivity index (χ3v) is 3.55. The zero-order valence-corrected chi connectivity index (χ0v) is 9.37. The van der Waals surface area contributed by atoms with Gasteiger partial charge >= 0.3 is 0 Å². The van der Waals surface area contributed by atoms with Crippen molar-refractivity contribution in [2.24, 2.45) is 0 Å². The van der Waals surface area contributed by atoms with Crippen LogP contribution in [0, 0.1) is 0 Å². The highest BCUT2D eigenvalue weighted by Gasteiger charge is 2.28. The van der Waals surface area contributed by atoms with Crippen molar-refractivity contribution >= 4 is 5.91 Å². The molecule has 0 unspecified atom stereocenters. The van der Waals surface area contributed by atoms with Gasteiger partial charge in [-0.2, -0.15) is 0 Å². The minimum atomic E-state index is 0.0735. The lowest BCUT2D eigenvalue weighted by Gasteiger charge is -2.15. The molecule has 1 aliphatic heterocycles. The van der Waals surface area contributed by atoms with Gasteiger partial charge in [0.25, 0.3) is 5.91 Å². The van der Waals surface area contributed by atoms with Crippen LogP contribution in [0.5, 0.6) is 0 Å². The third-order valence-electron chi connectivity index (χ3n) is 3.55. The van der Waals surface area contributed by atoms with Crippen LogP contribution in [0.3, 0.4) is 0 Å². The Morgan fingerprint density at radius 1 is 1.12 bits per heavy atom. The highest BCUT2D eigenvalue weighted by atomic mass is 16.5. The molecule has 86 valence electrons. The maximum absolute atomic E-state index is 12.2. The first-order valence-electron chi connectivity index (χ1n) is 6.13. The molecule has 0 aromatic carbocycles. The summed E-state index contributed by atoms with van der Waals surface area (Å²) in [5.74, 6) is 1.01. The van der Waals surface area contributed by atoms with E-state index in [2.05, 4.69) is 5.16 Å². The van der Waals surface area contributed by atoms with Crippen molar-refractivity contribution in [3.8, 4) is 0 Å². The molecule has 0 atom stereocenters. The Bertz CT molecular complexity index is 405. The largest absolute Gasteiger partial charge is 0.360 e. The number of fused-ring (bicyclic) bond motifs is 1. The van der Waals surface area contributed by atoms with Crippen molar-refractivity contribution in [1.29, 1.82) is 0 Å². The van der Waals surface area contributed by atoms with Crippen LogP contribution in [0.1, 0.15) is 47.5 Å². The average Bonchev–Trinajstić information content (AvgIpc) is 2.98. The number of carbonyl (C=O) groups is 1. The van der Waals surface area contributed by atoms with Crippen molar-refractivity contribution in [3.63, 3.8) is 0 Å². The van der Waals surface area contributed by atoms with E-state index < -0.39 is 0 Å². The van der Waals surface area contributed by atoms with E-state index in [-0.39, 0.29) is 5.91 Å². The molecule has 0 bridgehead atoms. The molecule has 1 amide bonds. The molecular formula is C12H16N2O2. The summed E-state index contributed by atoms with van der Waals surface area (Å²) in [6.45, 7) is 1.75. The molecule has 1 aromatic rings. The van der Waals surface area contributed by atoms with Gasteiger partial charge in [-0.15, -0.1) is 0 Å². The van der Waals surface area contributed by atoms with E-state index in [1.807, 2.05) is 4.90 Å². The number of carbonyl (C=O) groups excluding carboxylic acids is 1. The Kier molecular flexibility index (Phi) is 2.42. The molecular weight excluding hydrogens is 204 g/mol. The highest BCUT2D eigenvalue weighted by Crippen LogP contribution is 2.25. The van der Waals surface area contributed by atoms with E-state index in [0.717, 1.165) is 62.9 Å². The standard InChI is InChI=1S/C12H16N2O2/c15-12(14-7-3-4-8-14)11-9-5-1-2-6-10(9)16-13-11/h1-8H2. The lowest BCUT2D eigenvalue weighted by Crippen LogP contribution is -2.28. The Morgan fingerprint density at radius 3 is 2.69 bits per heavy atom. The monoisotopic (exact) mass is 220 g/mol. The molecule has 4 heteroatoms. The van der Waals surface area contributed by atoms with Crippen LogP contribution in [0.4, 0.5) is 0 Å². The van der Waals surface area contributed by atoms with Gasteiger partial charge in [-0.05, 0) is 32.1 Å². The summed E-state index contributed by atoms with van der Waals surface area (Å²) in [5, 5.41) is 3.98. The molecule has 4 nitrogen and oxygen atoms in total. The van der Waals surface area contributed by atoms with Crippen molar-refractivity contribution in [2.75, 3.05) is 13.1 Å². The van der Waals surface area contributed by atoms with Crippen LogP contribution in [-0.2, 0) is 12.8 Å². The summed E-state index contributed by atoms with van der Waals surface area (Å²) in [4.78, 5) is 14.1. The molecule has 2 heterocycles. The van der Waals surface area contributed by atoms with E-state index in [1.165, 1.54) is 0 Å². The molecule has 0 saturated carbocycles. The second-order valence-corrected chi connectivity index (χ2v) is 4.64. The van der Waals surface area contributed by atoms with E-state index in [4.69, 9.17) is 4.52 Å². The highest BCUT2D eigenvalue weighted by molar-refractivity contribution is 5.94. The topological polar surface area (TPSA) is 46.3 Å². The third kappa shape index (κ3) is 1.52. The van der Waals surface area contributed by atoms with Gasteiger partial charge in [0, 0.05) is 25.1 Å². The second kappa shape index (κ2) is 3.92. The maximum Gasteiger partial charge on any atom is 0.276 e. The summed E-state index contributed by atoms with van der Waals surface area (Å²) >= 11 is 0. The Morgan fingerprint density at radius 2 is 1.88 bits per heavy atom. The van der Waals surface area contributed by atoms with Gasteiger partial charge in [-0.3, -0.25) is 4.79 Å². The molecule has 0 radical (unpaired) electrons. The fourth-order valence-electron chi connectivity index (χ4n) is 2.62. The van der Waals surface area contributed by atoms with Gasteiger partial charge in [0.2, 0.25) is 0 Å². The van der Waals surface area contributed by atoms with Crippen LogP contribution in [0.25, 0.3) is 0 Å². The van der Waals surface area contributed by atoms with Crippen LogP contribution in [0.2, 0.25) is 0 Å². The number of amides is 1. The fraction of sp³-hybridized carbons (Fsp3) is 0.667. The van der Waals surface area contributed by atoms with Gasteiger partial charge < -0.3 is 9.42 Å². The zero-order chi connectivity index (χ0) is 11.0. The molecule has 3 rings (SSSR count). The van der Waals surface area contributed by atoms with Gasteiger partial charge in [0.15, 0.2) is 5.69 Å². The van der Waals surface area contributed by atoms with E-state index in [9.17, 15) is 4.79 Å². The fourth-order valence-corrected chi connectivity index (χ4v) is 2.62. The Labute approximate surface area is 94.6 Å². The van der Waals surface area contributed by atoms with E-state index in [0.29, 0.717) is 5.69 Å². The van der Waals surface area contributed by atoms with Crippen LogP contribution in [-0.4, -0.2) is 29.1 Å². The summed E-state index contributed by atoms with van der Waals surface area (Å²) in [5.41, 5.74) is 1.65. The summed E-state index contributed by atoms with van der Waals surface area (Å²) < 4.78 is 5.27. The van der Waals surface area contributed by atoms with Crippen LogP contribution in [0.15, 0.2) is 4.52 Å². The molecule has 1 aromatic heterocycles. The number of rotatable bonds is 1. The predicted octanol–water partition coefficient (Wildman–Crippen LogP) is 1.79. The summed E-state index contributed by atoms with van der Waals surface area (Å²) in [7, 11) is 0. The summed E-state index contributed by atoms with van der Waals surface area (Å²) in [6.07, 6.45) is 6.43. The first-order chi connectivity index (χ1) is 7.86. The van der Waals surface area contributed by atoms with E-state index in [1.54, 1.807) is 0 Å². The first kappa shape index (κ1) is 9.87. The van der Waals surface area contributed by atoms with Gasteiger partial charge in [0.05, 0.1) is 0 Å². The van der Waals surface area contributed by atoms with E-state index >= 15 is 0 Å². The van der Waals surface area contributed by atoms with Gasteiger partial charge in [0.1, 0.15) is 5.76 Å². The lowest BCUT2D eigenvalue weighted by atomic mass is 9.96. The molecule has 16 heavy (non-hydrogen) atoms. The number of aryl methyl sites for hydroxylation is 1. The molecule has 1 fully saturated rings. The smallest absolute Gasteiger partial charge is 0.276 e. The normalized spacial score (nSPS) is 19.9. The lowest BCUT2D eigenvalue weighted by molar-refractivity contribution is 0.0781. The second-order valence-electron chi connectivity index (χ2n) is 4.64. The summed E-state index contributed by atoms with van der Waals surface area (Å²) in [6, 6.07) is 0. The SMILES string of the molecule is O=C(c1noc2c1CCCC2)N1CCCC1. The van der Waals surface area contributed by atoms with Crippen molar-refractivity contribution in [1.82, 2.24) is 10.1 Å². The van der Waals surface area contributed by atoms with Crippen molar-refractivity contribution in [2.45, 2.75) is 38.5 Å². The van der Waals surface area contributed by atoms with Crippen LogP contribution < -0.4 is 0 Å². The zero-order valence-electron chi connectivity index (χ0n) is 9.37. The average molecular weight is 220 g/mol. The minimum Gasteiger partial charge on any atom is -0.360 e. The van der Waals surface area contributed by atoms with Gasteiger partial charge in [-0.1, -0.05) is 5.16 Å². The predicted molar refractivity (Wildman–Crippen MR) is 58.3 cm³/mol. The van der Waals surface area contributed by atoms with Gasteiger partial charge in [-0.25, -0.2) is 0 Å². The van der Waals surface area contributed by atoms with Crippen LogP contribution >= 0.6 is 0 Å². The molecule has 1 aliphatic carbocycles. The molecule has 2 aliphatic rings.